The Labute approximate surface area is 123 Å². The quantitative estimate of drug-likeness (QED) is 0.850. The molecule has 2 aromatic rings. The molecule has 3 N–H and O–H groups in total. The molecule has 0 aromatic heterocycles. The second kappa shape index (κ2) is 6.26. The minimum Gasteiger partial charge on any atom is -0.397 e. The Morgan fingerprint density at radius 1 is 1.29 bits per heavy atom. The number of rotatable bonds is 4. The number of benzene rings is 2. The van der Waals surface area contributed by atoms with Gasteiger partial charge in [-0.1, -0.05) is 6.07 Å². The van der Waals surface area contributed by atoms with Gasteiger partial charge >= 0.3 is 0 Å². The van der Waals surface area contributed by atoms with E-state index < -0.39 is 0 Å². The molecule has 0 unspecified atom stereocenters. The summed E-state index contributed by atoms with van der Waals surface area (Å²) in [6, 6.07) is 11.3. The van der Waals surface area contributed by atoms with Crippen LogP contribution in [0.3, 0.4) is 0 Å². The lowest BCUT2D eigenvalue weighted by molar-refractivity contribution is 0.0956. The molecule has 0 aliphatic carbocycles. The fraction of sp³-hybridized carbons (Fsp3) is 0.188. The van der Waals surface area contributed by atoms with Crippen LogP contribution in [-0.2, 0) is 0 Å². The molecule has 1 amide bonds. The lowest BCUT2D eigenvalue weighted by atomic mass is 10.1. The van der Waals surface area contributed by atoms with Gasteiger partial charge in [0.25, 0.3) is 5.91 Å². The van der Waals surface area contributed by atoms with E-state index in [0.29, 0.717) is 29.2 Å². The van der Waals surface area contributed by atoms with Crippen molar-refractivity contribution >= 4 is 23.0 Å². The molecule has 0 atom stereocenters. The van der Waals surface area contributed by atoms with Gasteiger partial charge in [0.15, 0.2) is 0 Å². The second-order valence-corrected chi connectivity index (χ2v) is 4.67. The number of nitrogens with one attached hydrogen (secondary N) is 1. The highest BCUT2D eigenvalue weighted by atomic mass is 19.1. The van der Waals surface area contributed by atoms with E-state index in [4.69, 9.17) is 5.73 Å². The molecule has 4 nitrogen and oxygen atoms in total. The number of hydrogen-bond acceptors (Lipinski definition) is 3. The number of halogens is 1. The van der Waals surface area contributed by atoms with Crippen LogP contribution in [0.25, 0.3) is 0 Å². The molecule has 0 bridgehead atoms. The predicted molar refractivity (Wildman–Crippen MR) is 83.3 cm³/mol. The van der Waals surface area contributed by atoms with Crippen LogP contribution >= 0.6 is 0 Å². The minimum absolute atomic E-state index is 0.163. The van der Waals surface area contributed by atoms with Gasteiger partial charge in [0.05, 0.1) is 11.4 Å². The van der Waals surface area contributed by atoms with Gasteiger partial charge in [0, 0.05) is 24.8 Å². The molecule has 0 heterocycles. The summed E-state index contributed by atoms with van der Waals surface area (Å²) in [5.41, 5.74) is 8.39. The highest BCUT2D eigenvalue weighted by molar-refractivity contribution is 5.96. The van der Waals surface area contributed by atoms with Crippen LogP contribution in [-0.4, -0.2) is 19.5 Å². The molecule has 0 aliphatic heterocycles. The number of carbonyl (C=O) groups is 1. The lowest BCUT2D eigenvalue weighted by Gasteiger charge is -2.21. The van der Waals surface area contributed by atoms with Crippen LogP contribution in [0.15, 0.2) is 42.5 Å². The first-order chi connectivity index (χ1) is 10.0. The molecular formula is C16H18FN3O. The maximum absolute atomic E-state index is 13.3. The summed E-state index contributed by atoms with van der Waals surface area (Å²) in [6.45, 7) is 2.41. The Balaban J connectivity index is 2.30. The van der Waals surface area contributed by atoms with Crippen molar-refractivity contribution in [1.29, 1.82) is 0 Å². The summed E-state index contributed by atoms with van der Waals surface area (Å²) in [5, 5.41) is 2.72. The number of carbonyl (C=O) groups excluding carboxylic acids is 1. The number of amides is 1. The van der Waals surface area contributed by atoms with Crippen LogP contribution in [0, 0.1) is 5.82 Å². The standard InChI is InChI=1S/C16H18FN3O/c1-3-19-16(21)11-7-8-15(14(18)9-11)20(2)13-6-4-5-12(17)10-13/h4-10H,3,18H2,1-2H3,(H,19,21). The molecule has 0 saturated heterocycles. The van der Waals surface area contributed by atoms with E-state index in [2.05, 4.69) is 5.32 Å². The van der Waals surface area contributed by atoms with Crippen LogP contribution in [0.2, 0.25) is 0 Å². The molecule has 5 heteroatoms. The van der Waals surface area contributed by atoms with Crippen molar-refractivity contribution < 1.29 is 9.18 Å². The van der Waals surface area contributed by atoms with E-state index in [1.54, 1.807) is 42.3 Å². The van der Waals surface area contributed by atoms with Crippen molar-refractivity contribution in [2.24, 2.45) is 0 Å². The summed E-state index contributed by atoms with van der Waals surface area (Å²) in [5.74, 6) is -0.471. The first-order valence-corrected chi connectivity index (χ1v) is 6.70. The van der Waals surface area contributed by atoms with Crippen molar-refractivity contribution in [1.82, 2.24) is 5.32 Å². The summed E-state index contributed by atoms with van der Waals surface area (Å²) in [6.07, 6.45) is 0. The van der Waals surface area contributed by atoms with Gasteiger partial charge in [-0.25, -0.2) is 4.39 Å². The predicted octanol–water partition coefficient (Wildman–Crippen LogP) is 2.93. The molecule has 0 spiro atoms. The third-order valence-electron chi connectivity index (χ3n) is 3.18. The van der Waals surface area contributed by atoms with Crippen LogP contribution in [0.4, 0.5) is 21.5 Å². The van der Waals surface area contributed by atoms with Crippen molar-refractivity contribution in [2.75, 3.05) is 24.2 Å². The zero-order chi connectivity index (χ0) is 15.4. The first-order valence-electron chi connectivity index (χ1n) is 6.70. The van der Waals surface area contributed by atoms with E-state index in [-0.39, 0.29) is 11.7 Å². The van der Waals surface area contributed by atoms with Crippen molar-refractivity contribution in [2.45, 2.75) is 6.92 Å². The third-order valence-corrected chi connectivity index (χ3v) is 3.18. The molecule has 2 aromatic carbocycles. The van der Waals surface area contributed by atoms with E-state index in [0.717, 1.165) is 0 Å². The van der Waals surface area contributed by atoms with E-state index in [9.17, 15) is 9.18 Å². The number of anilines is 3. The first kappa shape index (κ1) is 14.8. The fourth-order valence-electron chi connectivity index (χ4n) is 2.09. The van der Waals surface area contributed by atoms with Gasteiger partial charge in [0.1, 0.15) is 5.82 Å². The summed E-state index contributed by atoms with van der Waals surface area (Å²) in [4.78, 5) is 13.5. The Kier molecular flexibility index (Phi) is 4.42. The number of hydrogen-bond donors (Lipinski definition) is 2. The average Bonchev–Trinajstić information content (AvgIpc) is 2.46. The topological polar surface area (TPSA) is 58.4 Å². The molecule has 21 heavy (non-hydrogen) atoms. The fourth-order valence-corrected chi connectivity index (χ4v) is 2.09. The molecular weight excluding hydrogens is 269 g/mol. The van der Waals surface area contributed by atoms with Crippen molar-refractivity contribution in [3.05, 3.63) is 53.8 Å². The van der Waals surface area contributed by atoms with Crippen molar-refractivity contribution in [3.8, 4) is 0 Å². The molecule has 0 aliphatic rings. The van der Waals surface area contributed by atoms with E-state index in [1.807, 2.05) is 6.92 Å². The van der Waals surface area contributed by atoms with Gasteiger partial charge < -0.3 is 16.0 Å². The zero-order valence-corrected chi connectivity index (χ0v) is 12.1. The number of nitrogens with zero attached hydrogens (tertiary/aromatic N) is 1. The molecule has 0 saturated carbocycles. The number of nitrogens with two attached hydrogens (primary N) is 1. The van der Waals surface area contributed by atoms with Gasteiger partial charge in [-0.05, 0) is 43.3 Å². The van der Waals surface area contributed by atoms with E-state index >= 15 is 0 Å². The van der Waals surface area contributed by atoms with E-state index in [1.165, 1.54) is 12.1 Å². The van der Waals surface area contributed by atoms with Gasteiger partial charge in [-0.15, -0.1) is 0 Å². The minimum atomic E-state index is -0.308. The smallest absolute Gasteiger partial charge is 0.251 e. The van der Waals surface area contributed by atoms with Crippen LogP contribution in [0.1, 0.15) is 17.3 Å². The lowest BCUT2D eigenvalue weighted by Crippen LogP contribution is -2.23. The zero-order valence-electron chi connectivity index (χ0n) is 12.1. The maximum atomic E-state index is 13.3. The second-order valence-electron chi connectivity index (χ2n) is 4.67. The van der Waals surface area contributed by atoms with Gasteiger partial charge in [-0.3, -0.25) is 4.79 Å². The SMILES string of the molecule is CCNC(=O)c1ccc(N(C)c2cccc(F)c2)c(N)c1. The van der Waals surface area contributed by atoms with Crippen LogP contribution in [0.5, 0.6) is 0 Å². The summed E-state index contributed by atoms with van der Waals surface area (Å²) >= 11 is 0. The molecule has 110 valence electrons. The highest BCUT2D eigenvalue weighted by Gasteiger charge is 2.11. The number of nitrogen functional groups attached to an aromatic ring is 1. The Bertz CT molecular complexity index is 658. The monoisotopic (exact) mass is 287 g/mol. The van der Waals surface area contributed by atoms with Crippen molar-refractivity contribution in [3.63, 3.8) is 0 Å². The maximum Gasteiger partial charge on any atom is 0.251 e. The Morgan fingerprint density at radius 2 is 2.05 bits per heavy atom. The molecule has 0 fully saturated rings. The normalized spacial score (nSPS) is 10.2. The average molecular weight is 287 g/mol. The Hall–Kier alpha value is -2.56. The Morgan fingerprint density at radius 3 is 2.67 bits per heavy atom. The largest absolute Gasteiger partial charge is 0.397 e. The molecule has 2 rings (SSSR count). The molecule has 0 radical (unpaired) electrons. The summed E-state index contributed by atoms with van der Waals surface area (Å²) < 4.78 is 13.3. The van der Waals surface area contributed by atoms with Gasteiger partial charge in [0.2, 0.25) is 0 Å². The van der Waals surface area contributed by atoms with Gasteiger partial charge in [-0.2, -0.15) is 0 Å². The third kappa shape index (κ3) is 3.31. The summed E-state index contributed by atoms with van der Waals surface area (Å²) in [7, 11) is 1.80. The highest BCUT2D eigenvalue weighted by Crippen LogP contribution is 2.29. The van der Waals surface area contributed by atoms with Crippen LogP contribution < -0.4 is 16.0 Å².